The van der Waals surface area contributed by atoms with Crippen molar-refractivity contribution in [2.75, 3.05) is 38.1 Å². The van der Waals surface area contributed by atoms with E-state index in [1.165, 1.54) is 17.8 Å². The van der Waals surface area contributed by atoms with Gasteiger partial charge < -0.3 is 9.80 Å². The van der Waals surface area contributed by atoms with Crippen LogP contribution in [0.3, 0.4) is 0 Å². The Bertz CT molecular complexity index is 959. The molecule has 0 spiro atoms. The molecule has 0 unspecified atom stereocenters. The number of fused-ring (bicyclic) bond motifs is 1. The van der Waals surface area contributed by atoms with Gasteiger partial charge >= 0.3 is 0 Å². The summed E-state index contributed by atoms with van der Waals surface area (Å²) in [7, 11) is 2.14. The number of ketones is 1. The van der Waals surface area contributed by atoms with Crippen molar-refractivity contribution in [2.24, 2.45) is 0 Å². The van der Waals surface area contributed by atoms with Crippen LogP contribution in [0, 0.1) is 10.1 Å². The number of allylic oxidation sites excluding steroid dienone is 1. The van der Waals surface area contributed by atoms with Crippen molar-refractivity contribution < 1.29 is 9.72 Å². The summed E-state index contributed by atoms with van der Waals surface area (Å²) in [5, 5.41) is 11.0. The van der Waals surface area contributed by atoms with Crippen LogP contribution in [0.25, 0.3) is 6.08 Å². The van der Waals surface area contributed by atoms with E-state index in [2.05, 4.69) is 22.9 Å². The molecule has 2 aromatic carbocycles. The zero-order valence-corrected chi connectivity index (χ0v) is 15.9. The Labute approximate surface area is 164 Å². The number of hydrogen-bond acceptors (Lipinski definition) is 5. The van der Waals surface area contributed by atoms with Crippen LogP contribution in [0.15, 0.2) is 48.0 Å². The number of nitro groups is 1. The second-order valence-corrected chi connectivity index (χ2v) is 7.48. The molecule has 6 heteroatoms. The molecule has 1 saturated heterocycles. The number of Topliss-reactive ketones (excluding diaryl/α,β-unsaturated/α-hetero) is 1. The van der Waals surface area contributed by atoms with Crippen LogP contribution in [0.1, 0.15) is 27.9 Å². The molecule has 4 rings (SSSR count). The van der Waals surface area contributed by atoms with Crippen molar-refractivity contribution in [1.82, 2.24) is 4.90 Å². The smallest absolute Gasteiger partial charge is 0.270 e. The lowest BCUT2D eigenvalue weighted by Crippen LogP contribution is -2.44. The van der Waals surface area contributed by atoms with Crippen LogP contribution < -0.4 is 4.90 Å². The first kappa shape index (κ1) is 18.4. The van der Waals surface area contributed by atoms with Crippen LogP contribution in [0.2, 0.25) is 0 Å². The van der Waals surface area contributed by atoms with Crippen molar-refractivity contribution in [2.45, 2.75) is 12.8 Å². The van der Waals surface area contributed by atoms with Crippen LogP contribution in [-0.4, -0.2) is 48.8 Å². The molecule has 0 bridgehead atoms. The number of likely N-dealkylation sites (N-methyl/N-ethyl adjacent to an activating group) is 1. The number of anilines is 1. The number of non-ortho nitro benzene ring substituents is 1. The molecule has 2 aliphatic rings. The molecule has 0 amide bonds. The number of nitrogens with zero attached hydrogens (tertiary/aromatic N) is 3. The van der Waals surface area contributed by atoms with E-state index in [0.29, 0.717) is 17.6 Å². The lowest BCUT2D eigenvalue weighted by atomic mass is 9.85. The van der Waals surface area contributed by atoms with Gasteiger partial charge in [-0.05, 0) is 55.3 Å². The molecular formula is C22H23N3O3. The molecule has 0 saturated carbocycles. The average molecular weight is 377 g/mol. The Balaban J connectivity index is 1.57. The summed E-state index contributed by atoms with van der Waals surface area (Å²) in [5.74, 6) is 0.0256. The number of benzene rings is 2. The van der Waals surface area contributed by atoms with Crippen LogP contribution in [0.5, 0.6) is 0 Å². The lowest BCUT2D eigenvalue weighted by Gasteiger charge is -2.34. The third-order valence-electron chi connectivity index (χ3n) is 5.58. The molecule has 0 atom stereocenters. The van der Waals surface area contributed by atoms with Gasteiger partial charge in [0.05, 0.1) is 4.92 Å². The van der Waals surface area contributed by atoms with Crippen molar-refractivity contribution >= 4 is 23.2 Å². The Kier molecular flexibility index (Phi) is 4.96. The number of nitro benzene ring substituents is 1. The third-order valence-corrected chi connectivity index (χ3v) is 5.58. The van der Waals surface area contributed by atoms with Gasteiger partial charge in [0.2, 0.25) is 0 Å². The van der Waals surface area contributed by atoms with Crippen molar-refractivity contribution in [3.8, 4) is 0 Å². The summed E-state index contributed by atoms with van der Waals surface area (Å²) in [6.07, 6.45) is 3.25. The van der Waals surface area contributed by atoms with Gasteiger partial charge in [-0.3, -0.25) is 14.9 Å². The molecule has 6 nitrogen and oxygen atoms in total. The van der Waals surface area contributed by atoms with Crippen LogP contribution in [-0.2, 0) is 6.42 Å². The maximum atomic E-state index is 12.9. The molecule has 1 aliphatic heterocycles. The normalized spacial score (nSPS) is 19.0. The van der Waals surface area contributed by atoms with Gasteiger partial charge in [-0.1, -0.05) is 12.1 Å². The molecule has 0 aromatic heterocycles. The lowest BCUT2D eigenvalue weighted by molar-refractivity contribution is -0.384. The summed E-state index contributed by atoms with van der Waals surface area (Å²) in [6, 6.07) is 12.5. The van der Waals surface area contributed by atoms with Gasteiger partial charge in [0.15, 0.2) is 5.78 Å². The van der Waals surface area contributed by atoms with Gasteiger partial charge in [0.25, 0.3) is 5.69 Å². The summed E-state index contributed by atoms with van der Waals surface area (Å²) >= 11 is 0. The Morgan fingerprint density at radius 3 is 2.57 bits per heavy atom. The highest BCUT2D eigenvalue weighted by Gasteiger charge is 2.23. The number of hydrogen-bond donors (Lipinski definition) is 0. The molecule has 2 aromatic rings. The van der Waals surface area contributed by atoms with Crippen molar-refractivity contribution in [3.05, 3.63) is 74.8 Å². The van der Waals surface area contributed by atoms with Crippen LogP contribution >= 0.6 is 0 Å². The van der Waals surface area contributed by atoms with E-state index in [-0.39, 0.29) is 11.5 Å². The van der Waals surface area contributed by atoms with Crippen molar-refractivity contribution in [3.63, 3.8) is 0 Å². The standard InChI is InChI=1S/C22H23N3O3/c1-23-9-11-24(12-10-23)19-7-8-21-17(15-19)5-6-18(22(21)26)13-16-3-2-4-20(14-16)25(27)28/h2-4,7-8,13-15H,5-6,9-12H2,1H3/b18-13+. The van der Waals surface area contributed by atoms with E-state index in [1.54, 1.807) is 18.2 Å². The van der Waals surface area contributed by atoms with E-state index in [9.17, 15) is 14.9 Å². The molecule has 1 fully saturated rings. The van der Waals surface area contributed by atoms with E-state index >= 15 is 0 Å². The Morgan fingerprint density at radius 2 is 1.82 bits per heavy atom. The van der Waals surface area contributed by atoms with Crippen LogP contribution in [0.4, 0.5) is 11.4 Å². The predicted octanol–water partition coefficient (Wildman–Crippen LogP) is 3.56. The van der Waals surface area contributed by atoms with E-state index in [1.807, 2.05) is 12.1 Å². The first-order chi connectivity index (χ1) is 13.5. The van der Waals surface area contributed by atoms with E-state index in [4.69, 9.17) is 0 Å². The minimum absolute atomic E-state index is 0.0256. The summed E-state index contributed by atoms with van der Waals surface area (Å²) in [6.45, 7) is 4.10. The summed E-state index contributed by atoms with van der Waals surface area (Å²) in [5.41, 5.74) is 4.47. The second-order valence-electron chi connectivity index (χ2n) is 7.48. The van der Waals surface area contributed by atoms with Gasteiger partial charge in [0.1, 0.15) is 0 Å². The quantitative estimate of drug-likeness (QED) is 0.465. The van der Waals surface area contributed by atoms with Gasteiger partial charge in [0, 0.05) is 55.1 Å². The number of carbonyl (C=O) groups is 1. The summed E-state index contributed by atoms with van der Waals surface area (Å²) < 4.78 is 0. The Hall–Kier alpha value is -2.99. The molecule has 0 radical (unpaired) electrons. The van der Waals surface area contributed by atoms with Gasteiger partial charge in [-0.15, -0.1) is 0 Å². The second kappa shape index (κ2) is 7.56. The maximum absolute atomic E-state index is 12.9. The molecule has 144 valence electrons. The predicted molar refractivity (Wildman–Crippen MR) is 110 cm³/mol. The number of piperazine rings is 1. The fourth-order valence-electron chi connectivity index (χ4n) is 3.89. The highest BCUT2D eigenvalue weighted by Crippen LogP contribution is 2.30. The number of carbonyl (C=O) groups excluding carboxylic acids is 1. The highest BCUT2D eigenvalue weighted by atomic mass is 16.6. The molecule has 1 heterocycles. The molecule has 0 N–H and O–H groups in total. The van der Waals surface area contributed by atoms with E-state index < -0.39 is 4.92 Å². The highest BCUT2D eigenvalue weighted by molar-refractivity contribution is 6.13. The van der Waals surface area contributed by atoms with Gasteiger partial charge in [-0.2, -0.15) is 0 Å². The molecular weight excluding hydrogens is 354 g/mol. The SMILES string of the molecule is CN1CCN(c2ccc3c(c2)CC/C(=C\c2cccc([N+](=O)[O-])c2)C3=O)CC1. The average Bonchev–Trinajstić information content (AvgIpc) is 2.71. The molecule has 28 heavy (non-hydrogen) atoms. The fraction of sp³-hybridized carbons (Fsp3) is 0.318. The third kappa shape index (κ3) is 3.68. The first-order valence-corrected chi connectivity index (χ1v) is 9.57. The largest absolute Gasteiger partial charge is 0.369 e. The van der Waals surface area contributed by atoms with Gasteiger partial charge in [-0.25, -0.2) is 0 Å². The zero-order chi connectivity index (χ0) is 19.7. The summed E-state index contributed by atoms with van der Waals surface area (Å²) in [4.78, 5) is 28.2. The minimum atomic E-state index is -0.417. The maximum Gasteiger partial charge on any atom is 0.270 e. The monoisotopic (exact) mass is 377 g/mol. The van der Waals surface area contributed by atoms with Crippen molar-refractivity contribution in [1.29, 1.82) is 0 Å². The van der Waals surface area contributed by atoms with E-state index in [0.717, 1.165) is 43.7 Å². The zero-order valence-electron chi connectivity index (χ0n) is 15.9. The number of aryl methyl sites for hydroxylation is 1. The minimum Gasteiger partial charge on any atom is -0.369 e. The molecule has 1 aliphatic carbocycles. The first-order valence-electron chi connectivity index (χ1n) is 9.57. The number of rotatable bonds is 3. The topological polar surface area (TPSA) is 66.7 Å². The Morgan fingerprint density at radius 1 is 1.04 bits per heavy atom. The fourth-order valence-corrected chi connectivity index (χ4v) is 3.89.